The van der Waals surface area contributed by atoms with E-state index in [0.29, 0.717) is 24.0 Å². The maximum Gasteiger partial charge on any atom is 0.335 e. The van der Waals surface area contributed by atoms with E-state index in [1.807, 2.05) is 52.0 Å². The fraction of sp³-hybridized carbons (Fsp3) is 0.462. The summed E-state index contributed by atoms with van der Waals surface area (Å²) in [6.45, 7) is 10.0. The lowest BCUT2D eigenvalue weighted by Crippen LogP contribution is -2.28. The van der Waals surface area contributed by atoms with Gasteiger partial charge in [-0.1, -0.05) is 58.9 Å². The summed E-state index contributed by atoms with van der Waals surface area (Å²) in [5.74, 6) is -1.81. The number of carboxylic acids is 2. The van der Waals surface area contributed by atoms with Crippen LogP contribution in [0.1, 0.15) is 109 Å². The summed E-state index contributed by atoms with van der Waals surface area (Å²) in [5.41, 5.74) is 3.69. The molecule has 0 aliphatic rings. The number of rotatable bonds is 10. The first-order valence-corrected chi connectivity index (χ1v) is 10.9. The Balaban J connectivity index is 2.80. The number of carboxylic acid groups (broad SMARTS) is 2. The molecule has 0 amide bonds. The van der Waals surface area contributed by atoms with Crippen LogP contribution < -0.4 is 0 Å². The summed E-state index contributed by atoms with van der Waals surface area (Å²) in [7, 11) is 0. The number of aliphatic hydroxyl groups excluding tert-OH is 1. The molecule has 0 radical (unpaired) electrons. The molecule has 0 atom stereocenters. The highest BCUT2D eigenvalue weighted by Gasteiger charge is 2.34. The predicted octanol–water partition coefficient (Wildman–Crippen LogP) is 5.80. The second kappa shape index (κ2) is 10.1. The molecule has 0 unspecified atom stereocenters. The Hall–Kier alpha value is -2.66. The van der Waals surface area contributed by atoms with Crippen LogP contribution in [-0.4, -0.2) is 33.9 Å². The third-order valence-electron chi connectivity index (χ3n) is 6.28. The largest absolute Gasteiger partial charge is 0.478 e. The summed E-state index contributed by atoms with van der Waals surface area (Å²) in [6, 6.07) is 11.0. The molecule has 0 aliphatic heterocycles. The van der Waals surface area contributed by atoms with Crippen LogP contribution in [0.15, 0.2) is 36.4 Å². The first-order valence-electron chi connectivity index (χ1n) is 10.9. The van der Waals surface area contributed by atoms with E-state index < -0.39 is 17.4 Å². The number of benzene rings is 2. The van der Waals surface area contributed by atoms with Crippen molar-refractivity contribution in [2.45, 2.75) is 71.1 Å². The van der Waals surface area contributed by atoms with Gasteiger partial charge < -0.3 is 15.3 Å². The second-order valence-corrected chi connectivity index (χ2v) is 8.79. The van der Waals surface area contributed by atoms with Gasteiger partial charge in [-0.25, -0.2) is 9.59 Å². The number of aliphatic hydroxyl groups is 1. The maximum atomic E-state index is 11.7. The monoisotopic (exact) mass is 426 g/mol. The molecule has 2 aromatic carbocycles. The van der Waals surface area contributed by atoms with Crippen LogP contribution in [0.5, 0.6) is 0 Å². The Bertz CT molecular complexity index is 873. The van der Waals surface area contributed by atoms with Gasteiger partial charge in [0.05, 0.1) is 11.1 Å². The van der Waals surface area contributed by atoms with Gasteiger partial charge in [0.2, 0.25) is 0 Å². The lowest BCUT2D eigenvalue weighted by Gasteiger charge is -2.36. The Kier molecular flexibility index (Phi) is 8.02. The second-order valence-electron chi connectivity index (χ2n) is 8.79. The average Bonchev–Trinajstić information content (AvgIpc) is 2.73. The zero-order valence-corrected chi connectivity index (χ0v) is 19.1. The van der Waals surface area contributed by atoms with E-state index in [0.717, 1.165) is 28.7 Å². The highest BCUT2D eigenvalue weighted by molar-refractivity contribution is 5.90. The van der Waals surface area contributed by atoms with Crippen molar-refractivity contribution in [1.82, 2.24) is 0 Å². The van der Waals surface area contributed by atoms with Crippen molar-refractivity contribution in [3.8, 4) is 0 Å². The van der Waals surface area contributed by atoms with Crippen molar-refractivity contribution < 1.29 is 24.9 Å². The zero-order chi connectivity index (χ0) is 23.3. The molecule has 0 heterocycles. The van der Waals surface area contributed by atoms with Gasteiger partial charge in [-0.05, 0) is 65.5 Å². The molecule has 0 fully saturated rings. The molecule has 31 heavy (non-hydrogen) atoms. The van der Waals surface area contributed by atoms with Crippen LogP contribution in [0, 0.1) is 0 Å². The van der Waals surface area contributed by atoms with Crippen molar-refractivity contribution in [1.29, 1.82) is 0 Å². The minimum absolute atomic E-state index is 0.0408. The molecule has 0 saturated heterocycles. The lowest BCUT2D eigenvalue weighted by atomic mass is 9.68. The summed E-state index contributed by atoms with van der Waals surface area (Å²) in [4.78, 5) is 23.5. The molecule has 0 aliphatic carbocycles. The number of aromatic carboxylic acids is 2. The number of hydrogen-bond acceptors (Lipinski definition) is 3. The third-order valence-corrected chi connectivity index (χ3v) is 6.28. The molecule has 0 saturated carbocycles. The summed E-state index contributed by atoms with van der Waals surface area (Å²) < 4.78 is 0. The van der Waals surface area contributed by atoms with Gasteiger partial charge in [-0.3, -0.25) is 0 Å². The zero-order valence-electron chi connectivity index (χ0n) is 19.1. The van der Waals surface area contributed by atoms with E-state index in [4.69, 9.17) is 0 Å². The molecule has 3 N–H and O–H groups in total. The third kappa shape index (κ3) is 4.99. The van der Waals surface area contributed by atoms with Gasteiger partial charge in [0, 0.05) is 12.0 Å². The van der Waals surface area contributed by atoms with E-state index in [2.05, 4.69) is 6.92 Å². The smallest absolute Gasteiger partial charge is 0.335 e. The molecule has 5 nitrogen and oxygen atoms in total. The number of carbonyl (C=O) groups is 2. The van der Waals surface area contributed by atoms with Crippen molar-refractivity contribution >= 4 is 11.9 Å². The average molecular weight is 427 g/mol. The van der Waals surface area contributed by atoms with E-state index >= 15 is 0 Å². The van der Waals surface area contributed by atoms with E-state index in [1.165, 1.54) is 0 Å². The van der Waals surface area contributed by atoms with Crippen LogP contribution >= 0.6 is 0 Å². The lowest BCUT2D eigenvalue weighted by molar-refractivity contribution is 0.0684. The normalized spacial score (nSPS) is 11.9. The minimum atomic E-state index is -0.944. The summed E-state index contributed by atoms with van der Waals surface area (Å²) >= 11 is 0. The fourth-order valence-corrected chi connectivity index (χ4v) is 4.49. The molecule has 0 spiro atoms. The SMILES string of the molecule is CCC(CCCO)(c1ccc(C(=O)O)c(C(C)C)c1)c1ccc(C(=O)O)c(C(C)C)c1. The summed E-state index contributed by atoms with van der Waals surface area (Å²) in [5, 5.41) is 28.8. The van der Waals surface area contributed by atoms with Crippen molar-refractivity contribution in [3.63, 3.8) is 0 Å². The van der Waals surface area contributed by atoms with Crippen molar-refractivity contribution in [3.05, 3.63) is 69.8 Å². The molecule has 2 rings (SSSR count). The van der Waals surface area contributed by atoms with Crippen LogP contribution in [0.2, 0.25) is 0 Å². The molecular formula is C26H34O5. The quantitative estimate of drug-likeness (QED) is 0.446. The fourth-order valence-electron chi connectivity index (χ4n) is 4.49. The molecule has 0 aromatic heterocycles. The Morgan fingerprint density at radius 3 is 1.55 bits per heavy atom. The summed E-state index contributed by atoms with van der Waals surface area (Å²) in [6.07, 6.45) is 2.00. The van der Waals surface area contributed by atoms with Gasteiger partial charge in [0.15, 0.2) is 0 Å². The molecular weight excluding hydrogens is 392 g/mol. The van der Waals surface area contributed by atoms with E-state index in [9.17, 15) is 24.9 Å². The van der Waals surface area contributed by atoms with Gasteiger partial charge >= 0.3 is 11.9 Å². The molecule has 168 valence electrons. The van der Waals surface area contributed by atoms with Crippen LogP contribution in [-0.2, 0) is 5.41 Å². The topological polar surface area (TPSA) is 94.8 Å². The Morgan fingerprint density at radius 1 is 0.839 bits per heavy atom. The van der Waals surface area contributed by atoms with E-state index in [1.54, 1.807) is 12.1 Å². The first kappa shape index (κ1) is 24.6. The Labute approximate surface area is 184 Å². The van der Waals surface area contributed by atoms with Gasteiger partial charge in [-0.15, -0.1) is 0 Å². The standard InChI is InChI=1S/C26H34O5/c1-6-26(12-7-13-27,18-8-10-20(24(28)29)22(14-18)16(2)3)19-9-11-21(25(30)31)23(15-19)17(4)5/h8-11,14-17,27H,6-7,12-13H2,1-5H3,(H,28,29)(H,30,31). The van der Waals surface area contributed by atoms with E-state index in [-0.39, 0.29) is 18.4 Å². The van der Waals surface area contributed by atoms with Crippen LogP contribution in [0.4, 0.5) is 0 Å². The van der Waals surface area contributed by atoms with Gasteiger partial charge in [0.1, 0.15) is 0 Å². The highest BCUT2D eigenvalue weighted by Crippen LogP contribution is 2.42. The van der Waals surface area contributed by atoms with Crippen LogP contribution in [0.25, 0.3) is 0 Å². The highest BCUT2D eigenvalue weighted by atomic mass is 16.4. The predicted molar refractivity (Wildman–Crippen MR) is 122 cm³/mol. The maximum absolute atomic E-state index is 11.7. The number of hydrogen-bond donors (Lipinski definition) is 3. The molecule has 2 aromatic rings. The first-order chi connectivity index (χ1) is 14.6. The van der Waals surface area contributed by atoms with Gasteiger partial charge in [-0.2, -0.15) is 0 Å². The molecule has 5 heteroatoms. The van der Waals surface area contributed by atoms with Crippen LogP contribution in [0.3, 0.4) is 0 Å². The van der Waals surface area contributed by atoms with Gasteiger partial charge in [0.25, 0.3) is 0 Å². The van der Waals surface area contributed by atoms with Crippen molar-refractivity contribution in [2.24, 2.45) is 0 Å². The molecule has 0 bridgehead atoms. The Morgan fingerprint density at radius 2 is 1.26 bits per heavy atom. The van der Waals surface area contributed by atoms with Crippen molar-refractivity contribution in [2.75, 3.05) is 6.61 Å². The minimum Gasteiger partial charge on any atom is -0.478 e.